The Hall–Kier alpha value is -2.91. The van der Waals surface area contributed by atoms with Gasteiger partial charge in [0.15, 0.2) is 5.78 Å². The summed E-state index contributed by atoms with van der Waals surface area (Å²) in [7, 11) is 0. The third-order valence-corrected chi connectivity index (χ3v) is 5.45. The van der Waals surface area contributed by atoms with Crippen LogP contribution < -0.4 is 4.74 Å². The molecule has 1 aliphatic carbocycles. The normalized spacial score (nSPS) is 24.3. The molecule has 1 N–H and O–H groups in total. The van der Waals surface area contributed by atoms with Crippen LogP contribution in [0.3, 0.4) is 0 Å². The van der Waals surface area contributed by atoms with Crippen LogP contribution in [0, 0.1) is 23.2 Å². The van der Waals surface area contributed by atoms with E-state index in [1.807, 2.05) is 12.1 Å². The Morgan fingerprint density at radius 3 is 2.70 bits per heavy atom. The number of carbonyl (C=O) groups is 1. The molecule has 6 heteroatoms. The summed E-state index contributed by atoms with van der Waals surface area (Å²) in [6.45, 7) is 2.15. The van der Waals surface area contributed by atoms with Gasteiger partial charge in [0.2, 0.25) is 0 Å². The molecule has 0 unspecified atom stereocenters. The number of carbonyl (C=O) groups excluding carboxylic acids is 1. The summed E-state index contributed by atoms with van der Waals surface area (Å²) in [4.78, 5) is 18.6. The Morgan fingerprint density at radius 2 is 2.04 bits per heavy atom. The van der Waals surface area contributed by atoms with Crippen molar-refractivity contribution < 1.29 is 14.6 Å². The van der Waals surface area contributed by atoms with Crippen molar-refractivity contribution >= 4 is 5.78 Å². The van der Waals surface area contributed by atoms with Crippen molar-refractivity contribution in [2.45, 2.75) is 18.9 Å². The minimum atomic E-state index is -0.0175. The number of likely N-dealkylation sites (tertiary alicyclic amines) is 1. The van der Waals surface area contributed by atoms with E-state index < -0.39 is 0 Å². The van der Waals surface area contributed by atoms with Gasteiger partial charge in [0.05, 0.1) is 30.5 Å². The number of pyridine rings is 1. The molecule has 6 nitrogen and oxygen atoms in total. The highest BCUT2D eigenvalue weighted by atomic mass is 16.5. The van der Waals surface area contributed by atoms with Gasteiger partial charge in [-0.1, -0.05) is 6.07 Å². The van der Waals surface area contributed by atoms with Crippen LogP contribution in [-0.2, 0) is 0 Å². The van der Waals surface area contributed by atoms with Crippen LogP contribution in [0.5, 0.6) is 11.5 Å². The number of ether oxygens (including phenoxy) is 1. The smallest absolute Gasteiger partial charge is 0.195 e. The van der Waals surface area contributed by atoms with Crippen LogP contribution in [0.15, 0.2) is 42.6 Å². The minimum Gasteiger partial charge on any atom is -0.506 e. The fourth-order valence-electron chi connectivity index (χ4n) is 4.23. The van der Waals surface area contributed by atoms with E-state index in [4.69, 9.17) is 10.00 Å². The lowest BCUT2D eigenvalue weighted by atomic mass is 10.0. The summed E-state index contributed by atoms with van der Waals surface area (Å²) in [5.41, 5.74) is 1.00. The van der Waals surface area contributed by atoms with E-state index in [9.17, 15) is 9.90 Å². The molecule has 1 aliphatic heterocycles. The molecule has 1 aromatic carbocycles. The average Bonchev–Trinajstić information content (AvgIpc) is 3.20. The molecule has 0 radical (unpaired) electrons. The maximum Gasteiger partial charge on any atom is 0.195 e. The number of aromatic nitrogens is 1. The first-order valence-corrected chi connectivity index (χ1v) is 9.18. The van der Waals surface area contributed by atoms with Crippen molar-refractivity contribution in [1.29, 1.82) is 5.26 Å². The van der Waals surface area contributed by atoms with Crippen LogP contribution in [0.4, 0.5) is 0 Å². The molecular weight excluding hydrogens is 342 g/mol. The Balaban J connectivity index is 1.30. The summed E-state index contributed by atoms with van der Waals surface area (Å²) < 4.78 is 6.08. The number of hydrogen-bond acceptors (Lipinski definition) is 6. The third kappa shape index (κ3) is 3.93. The first kappa shape index (κ1) is 17.5. The molecule has 4 rings (SSSR count). The summed E-state index contributed by atoms with van der Waals surface area (Å²) in [5.74, 6) is 1.87. The molecular formula is C21H21N3O3. The average molecular weight is 363 g/mol. The number of benzene rings is 1. The molecule has 0 amide bonds. The largest absolute Gasteiger partial charge is 0.506 e. The van der Waals surface area contributed by atoms with Crippen LogP contribution in [-0.4, -0.2) is 46.5 Å². The van der Waals surface area contributed by atoms with Gasteiger partial charge in [0, 0.05) is 13.1 Å². The second kappa shape index (κ2) is 7.37. The number of aromatic hydroxyl groups is 1. The molecule has 0 bridgehead atoms. The molecule has 2 aromatic rings. The van der Waals surface area contributed by atoms with Gasteiger partial charge >= 0.3 is 0 Å². The molecule has 138 valence electrons. The van der Waals surface area contributed by atoms with E-state index in [0.717, 1.165) is 31.7 Å². The maximum absolute atomic E-state index is 12.4. The first-order valence-electron chi connectivity index (χ1n) is 9.18. The van der Waals surface area contributed by atoms with Crippen LogP contribution in [0.1, 0.15) is 28.9 Å². The highest BCUT2D eigenvalue weighted by molar-refractivity contribution is 5.95. The molecule has 0 spiro atoms. The van der Waals surface area contributed by atoms with Crippen LogP contribution in [0.2, 0.25) is 0 Å². The highest BCUT2D eigenvalue weighted by Gasteiger charge is 2.42. The number of fused-ring (bicyclic) bond motifs is 1. The first-order chi connectivity index (χ1) is 13.1. The maximum atomic E-state index is 12.4. The molecule has 2 heterocycles. The van der Waals surface area contributed by atoms with Crippen molar-refractivity contribution in [2.24, 2.45) is 11.8 Å². The minimum absolute atomic E-state index is 0.0175. The van der Waals surface area contributed by atoms with E-state index in [-0.39, 0.29) is 17.6 Å². The van der Waals surface area contributed by atoms with E-state index in [1.54, 1.807) is 18.2 Å². The fourth-order valence-corrected chi connectivity index (χ4v) is 4.23. The Kier molecular flexibility index (Phi) is 4.78. The Labute approximate surface area is 158 Å². The predicted octanol–water partition coefficient (Wildman–Crippen LogP) is 2.63. The Morgan fingerprint density at radius 1 is 1.26 bits per heavy atom. The summed E-state index contributed by atoms with van der Waals surface area (Å²) in [6, 6.07) is 12.5. The van der Waals surface area contributed by atoms with Crippen LogP contribution >= 0.6 is 0 Å². The Bertz CT molecular complexity index is 861. The summed E-state index contributed by atoms with van der Waals surface area (Å²) in [5, 5.41) is 18.3. The molecule has 2 aliphatic rings. The highest BCUT2D eigenvalue weighted by Crippen LogP contribution is 2.39. The lowest BCUT2D eigenvalue weighted by Gasteiger charge is -2.19. The van der Waals surface area contributed by atoms with Gasteiger partial charge in [0.1, 0.15) is 17.2 Å². The van der Waals surface area contributed by atoms with E-state index >= 15 is 0 Å². The zero-order valence-corrected chi connectivity index (χ0v) is 14.9. The van der Waals surface area contributed by atoms with Gasteiger partial charge in [-0.2, -0.15) is 5.26 Å². The molecule has 2 fully saturated rings. The van der Waals surface area contributed by atoms with Crippen molar-refractivity contribution in [3.8, 4) is 17.6 Å². The van der Waals surface area contributed by atoms with Gasteiger partial charge < -0.3 is 9.84 Å². The lowest BCUT2D eigenvalue weighted by Crippen LogP contribution is -2.30. The lowest BCUT2D eigenvalue weighted by molar-refractivity contribution is 0.0932. The van der Waals surface area contributed by atoms with E-state index in [2.05, 4.69) is 16.0 Å². The monoisotopic (exact) mass is 363 g/mol. The number of nitrogens with zero attached hydrogens (tertiary/aromatic N) is 3. The standard InChI is InChI=1S/C21H21N3O3/c22-9-14-2-1-3-18(6-14)27-19-7-15-11-24(12-16(15)8-19)13-21(26)20-5-4-17(25)10-23-20/h1-6,10,15-16,19,25H,7-8,11-13H2/t15-,16+,19-. The van der Waals surface area contributed by atoms with E-state index in [1.165, 1.54) is 12.3 Å². The predicted molar refractivity (Wildman–Crippen MR) is 98.5 cm³/mol. The van der Waals surface area contributed by atoms with Gasteiger partial charge in [-0.15, -0.1) is 0 Å². The van der Waals surface area contributed by atoms with Gasteiger partial charge in [-0.3, -0.25) is 9.69 Å². The molecule has 1 aromatic heterocycles. The zero-order valence-electron chi connectivity index (χ0n) is 14.9. The molecule has 1 saturated carbocycles. The quantitative estimate of drug-likeness (QED) is 0.822. The van der Waals surface area contributed by atoms with Crippen molar-refractivity contribution in [2.75, 3.05) is 19.6 Å². The van der Waals surface area contributed by atoms with E-state index in [0.29, 0.717) is 29.6 Å². The van der Waals surface area contributed by atoms with Crippen molar-refractivity contribution in [3.63, 3.8) is 0 Å². The molecule has 3 atom stereocenters. The van der Waals surface area contributed by atoms with Gasteiger partial charge in [-0.05, 0) is 55.0 Å². The summed E-state index contributed by atoms with van der Waals surface area (Å²) >= 11 is 0. The van der Waals surface area contributed by atoms with Gasteiger partial charge in [0.25, 0.3) is 0 Å². The third-order valence-electron chi connectivity index (χ3n) is 5.45. The fraction of sp³-hybridized carbons (Fsp3) is 0.381. The zero-order chi connectivity index (χ0) is 18.8. The second-order valence-electron chi connectivity index (χ2n) is 7.39. The SMILES string of the molecule is N#Cc1cccc(O[C@@H]2C[C@@H]3CN(CC(=O)c4ccc(O)cn4)C[C@@H]3C2)c1. The number of Topliss-reactive ketones (excluding diaryl/α,β-unsaturated/α-hetero) is 1. The number of ketones is 1. The summed E-state index contributed by atoms with van der Waals surface area (Å²) in [6.07, 6.45) is 3.42. The topological polar surface area (TPSA) is 86.5 Å². The van der Waals surface area contributed by atoms with Crippen LogP contribution in [0.25, 0.3) is 0 Å². The molecule has 1 saturated heterocycles. The van der Waals surface area contributed by atoms with Crippen molar-refractivity contribution in [3.05, 3.63) is 53.9 Å². The number of nitriles is 1. The molecule has 27 heavy (non-hydrogen) atoms. The number of hydrogen-bond donors (Lipinski definition) is 1. The van der Waals surface area contributed by atoms with Crippen molar-refractivity contribution in [1.82, 2.24) is 9.88 Å². The second-order valence-corrected chi connectivity index (χ2v) is 7.39. The number of rotatable bonds is 5. The van der Waals surface area contributed by atoms with Gasteiger partial charge in [-0.25, -0.2) is 4.98 Å².